The Hall–Kier alpha value is -2.76. The first-order valence-electron chi connectivity index (χ1n) is 10.2. The number of guanidine groups is 1. The molecule has 0 radical (unpaired) electrons. The molecule has 6 heteroatoms. The predicted molar refractivity (Wildman–Crippen MR) is 107 cm³/mol. The van der Waals surface area contributed by atoms with Gasteiger partial charge in [-0.05, 0) is 80.1 Å². The molecule has 1 aromatic heterocycles. The highest BCUT2D eigenvalue weighted by molar-refractivity contribution is 6.14. The average molecular weight is 373 g/mol. The van der Waals surface area contributed by atoms with Crippen LogP contribution in [0.5, 0.6) is 0 Å². The minimum Gasteiger partial charge on any atom is -0.350 e. The van der Waals surface area contributed by atoms with Crippen LogP contribution >= 0.6 is 0 Å². The third kappa shape index (κ3) is 2.70. The van der Waals surface area contributed by atoms with Crippen molar-refractivity contribution in [3.63, 3.8) is 0 Å². The molecular formula is C22H23N5O. The van der Waals surface area contributed by atoms with Crippen LogP contribution in [0, 0.1) is 17.8 Å². The molecule has 4 saturated carbocycles. The molecule has 1 aliphatic heterocycles. The van der Waals surface area contributed by atoms with Gasteiger partial charge in [0.05, 0.1) is 11.0 Å². The number of amides is 1. The van der Waals surface area contributed by atoms with E-state index in [1.54, 1.807) is 12.4 Å². The van der Waals surface area contributed by atoms with Crippen molar-refractivity contribution in [2.75, 3.05) is 0 Å². The van der Waals surface area contributed by atoms with Crippen molar-refractivity contribution >= 4 is 29.0 Å². The van der Waals surface area contributed by atoms with Gasteiger partial charge in [0.2, 0.25) is 5.96 Å². The second kappa shape index (κ2) is 5.87. The summed E-state index contributed by atoms with van der Waals surface area (Å²) in [6, 6.07) is 5.79. The molecule has 142 valence electrons. The summed E-state index contributed by atoms with van der Waals surface area (Å²) >= 11 is 0. The number of carbonyl (C=O) groups is 1. The van der Waals surface area contributed by atoms with Gasteiger partial charge in [0, 0.05) is 17.9 Å². The average Bonchev–Trinajstić information content (AvgIpc) is 2.98. The Kier molecular flexibility index (Phi) is 3.40. The van der Waals surface area contributed by atoms with E-state index in [1.165, 1.54) is 38.5 Å². The summed E-state index contributed by atoms with van der Waals surface area (Å²) in [5, 5.41) is 6.59. The molecule has 0 atom stereocenters. The number of aromatic nitrogens is 2. The zero-order valence-corrected chi connectivity index (χ0v) is 15.7. The van der Waals surface area contributed by atoms with Crippen LogP contribution in [0.3, 0.4) is 0 Å². The fraction of sp³-hybridized carbons (Fsp3) is 0.455. The molecule has 4 aliphatic carbocycles. The number of fused-ring (bicyclic) bond motifs is 1. The van der Waals surface area contributed by atoms with E-state index in [1.807, 2.05) is 24.3 Å². The number of hydrogen-bond donors (Lipinski definition) is 2. The van der Waals surface area contributed by atoms with Gasteiger partial charge in [-0.15, -0.1) is 0 Å². The largest absolute Gasteiger partial charge is 0.350 e. The smallest absolute Gasteiger partial charge is 0.276 e. The van der Waals surface area contributed by atoms with Crippen molar-refractivity contribution in [3.8, 4) is 0 Å². The normalized spacial score (nSPS) is 34.7. The number of rotatable bonds is 2. The van der Waals surface area contributed by atoms with Gasteiger partial charge >= 0.3 is 0 Å². The van der Waals surface area contributed by atoms with Crippen LogP contribution in [-0.4, -0.2) is 27.4 Å². The van der Waals surface area contributed by atoms with E-state index >= 15 is 0 Å². The lowest BCUT2D eigenvalue weighted by Gasteiger charge is -2.57. The molecule has 0 spiro atoms. The van der Waals surface area contributed by atoms with Gasteiger partial charge in [-0.2, -0.15) is 0 Å². The van der Waals surface area contributed by atoms with E-state index < -0.39 is 0 Å². The Morgan fingerprint density at radius 3 is 2.39 bits per heavy atom. The predicted octanol–water partition coefficient (Wildman–Crippen LogP) is 3.01. The van der Waals surface area contributed by atoms with E-state index in [9.17, 15) is 4.79 Å². The van der Waals surface area contributed by atoms with Crippen LogP contribution in [-0.2, 0) is 4.79 Å². The lowest BCUT2D eigenvalue weighted by atomic mass is 9.53. The molecule has 2 N–H and O–H groups in total. The van der Waals surface area contributed by atoms with Crippen LogP contribution in [0.25, 0.3) is 17.1 Å². The fourth-order valence-electron chi connectivity index (χ4n) is 6.27. The Bertz CT molecular complexity index is 1000. The van der Waals surface area contributed by atoms with Gasteiger partial charge in [0.15, 0.2) is 0 Å². The van der Waals surface area contributed by atoms with E-state index in [-0.39, 0.29) is 11.4 Å². The summed E-state index contributed by atoms with van der Waals surface area (Å²) in [6.45, 7) is 0. The molecule has 2 heterocycles. The molecule has 1 aromatic carbocycles. The molecule has 0 saturated heterocycles. The standard InChI is InChI=1S/C22H23N5O/c28-20-19(9-13-1-2-17-18(8-13)24-4-3-23-17)25-21(26-20)27-22-10-14-5-15(11-22)7-16(6-14)12-22/h1-4,8-9,14-16H,5-7,10-12H2,(H2,25,26,27,28)/b19-9-. The monoisotopic (exact) mass is 373 g/mol. The van der Waals surface area contributed by atoms with Gasteiger partial charge in [0.25, 0.3) is 5.91 Å². The highest BCUT2D eigenvalue weighted by Crippen LogP contribution is 2.55. The fourth-order valence-corrected chi connectivity index (χ4v) is 6.27. The highest BCUT2D eigenvalue weighted by Gasteiger charge is 2.51. The van der Waals surface area contributed by atoms with Crippen LogP contribution in [0.2, 0.25) is 0 Å². The summed E-state index contributed by atoms with van der Waals surface area (Å²) in [6.07, 6.45) is 13.0. The third-order valence-electron chi connectivity index (χ3n) is 6.92. The van der Waals surface area contributed by atoms with E-state index in [2.05, 4.69) is 25.6 Å². The maximum absolute atomic E-state index is 12.5. The van der Waals surface area contributed by atoms with Crippen molar-refractivity contribution in [2.45, 2.75) is 44.1 Å². The van der Waals surface area contributed by atoms with E-state index in [0.29, 0.717) is 11.7 Å². The lowest BCUT2D eigenvalue weighted by Crippen LogP contribution is -2.61. The Morgan fingerprint density at radius 2 is 1.68 bits per heavy atom. The molecule has 1 amide bonds. The maximum Gasteiger partial charge on any atom is 0.276 e. The van der Waals surface area contributed by atoms with Gasteiger partial charge in [-0.1, -0.05) is 6.07 Å². The first-order valence-corrected chi connectivity index (χ1v) is 10.2. The highest BCUT2D eigenvalue weighted by atomic mass is 16.2. The third-order valence-corrected chi connectivity index (χ3v) is 6.92. The summed E-state index contributed by atoms with van der Waals surface area (Å²) in [5.74, 6) is 3.03. The topological polar surface area (TPSA) is 79.3 Å². The number of carbonyl (C=O) groups excluding carboxylic acids is 1. The van der Waals surface area contributed by atoms with Crippen LogP contribution < -0.4 is 10.6 Å². The zero-order valence-electron chi connectivity index (χ0n) is 15.7. The summed E-state index contributed by atoms with van der Waals surface area (Å²) in [7, 11) is 0. The maximum atomic E-state index is 12.5. The molecule has 4 fully saturated rings. The molecule has 6 nitrogen and oxygen atoms in total. The van der Waals surface area contributed by atoms with Gasteiger partial charge in [0.1, 0.15) is 5.70 Å². The number of nitrogens with one attached hydrogen (secondary N) is 2. The summed E-state index contributed by atoms with van der Waals surface area (Å²) < 4.78 is 0. The molecular weight excluding hydrogens is 350 g/mol. The molecule has 28 heavy (non-hydrogen) atoms. The number of benzene rings is 1. The number of aliphatic imine (C=N–C) groups is 1. The lowest BCUT2D eigenvalue weighted by molar-refractivity contribution is -0.115. The van der Waals surface area contributed by atoms with Crippen molar-refractivity contribution in [2.24, 2.45) is 22.7 Å². The Morgan fingerprint density at radius 1 is 1.00 bits per heavy atom. The Labute approximate surface area is 163 Å². The Balaban J connectivity index is 1.26. The summed E-state index contributed by atoms with van der Waals surface area (Å²) in [4.78, 5) is 25.7. The van der Waals surface area contributed by atoms with Gasteiger partial charge in [-0.3, -0.25) is 20.1 Å². The number of hydrogen-bond acceptors (Lipinski definition) is 5. The van der Waals surface area contributed by atoms with Crippen molar-refractivity contribution in [3.05, 3.63) is 41.9 Å². The molecule has 2 aromatic rings. The first kappa shape index (κ1) is 16.2. The molecule has 0 unspecified atom stereocenters. The van der Waals surface area contributed by atoms with Crippen molar-refractivity contribution < 1.29 is 4.79 Å². The quantitative estimate of drug-likeness (QED) is 0.793. The molecule has 7 rings (SSSR count). The first-order chi connectivity index (χ1) is 13.6. The van der Waals surface area contributed by atoms with Crippen molar-refractivity contribution in [1.82, 2.24) is 20.6 Å². The van der Waals surface area contributed by atoms with Crippen LogP contribution in [0.1, 0.15) is 44.1 Å². The minimum atomic E-state index is -0.147. The second-order valence-corrected chi connectivity index (χ2v) is 9.07. The van der Waals surface area contributed by atoms with Crippen LogP contribution in [0.4, 0.5) is 0 Å². The number of nitrogens with zero attached hydrogens (tertiary/aromatic N) is 3. The molecule has 4 bridgehead atoms. The van der Waals surface area contributed by atoms with Crippen molar-refractivity contribution in [1.29, 1.82) is 0 Å². The molecule has 5 aliphatic rings. The van der Waals surface area contributed by atoms with Gasteiger partial charge in [-0.25, -0.2) is 4.99 Å². The van der Waals surface area contributed by atoms with E-state index in [4.69, 9.17) is 0 Å². The SMILES string of the molecule is O=C1NC(NC23CC4CC(CC(C4)C2)C3)=N/C1=C\c1ccc2nccnc2c1. The zero-order chi connectivity index (χ0) is 18.7. The van der Waals surface area contributed by atoms with Crippen LogP contribution in [0.15, 0.2) is 41.3 Å². The van der Waals surface area contributed by atoms with E-state index in [0.717, 1.165) is 34.4 Å². The second-order valence-electron chi connectivity index (χ2n) is 9.07. The minimum absolute atomic E-state index is 0.134. The van der Waals surface area contributed by atoms with Gasteiger partial charge < -0.3 is 5.32 Å². The summed E-state index contributed by atoms with van der Waals surface area (Å²) in [5.41, 5.74) is 3.13.